The van der Waals surface area contributed by atoms with Crippen molar-refractivity contribution in [3.05, 3.63) is 28.3 Å². The molecule has 3 rings (SSSR count). The Morgan fingerprint density at radius 1 is 1.50 bits per heavy atom. The highest BCUT2D eigenvalue weighted by Gasteiger charge is 2.32. The van der Waals surface area contributed by atoms with Crippen LogP contribution in [0.4, 0.5) is 0 Å². The molecule has 0 aliphatic carbocycles. The molecule has 2 aliphatic heterocycles. The molecule has 2 aliphatic rings. The van der Waals surface area contributed by atoms with Crippen molar-refractivity contribution in [2.45, 2.75) is 31.5 Å². The van der Waals surface area contributed by atoms with Gasteiger partial charge in [-0.25, -0.2) is 0 Å². The maximum absolute atomic E-state index is 9.52. The Hall–Kier alpha value is -0.810. The number of aliphatic hydroxyl groups excluding tert-OH is 1. The lowest BCUT2D eigenvalue weighted by Gasteiger charge is -2.23. The molecule has 1 saturated heterocycles. The van der Waals surface area contributed by atoms with E-state index in [-0.39, 0.29) is 18.8 Å². The van der Waals surface area contributed by atoms with Gasteiger partial charge in [-0.3, -0.25) is 4.90 Å². The summed E-state index contributed by atoms with van der Waals surface area (Å²) < 4.78 is 11.2. The summed E-state index contributed by atoms with van der Waals surface area (Å²) in [5.41, 5.74) is 2.30. The fraction of sp³-hybridized carbons (Fsp3) is 0.600. The summed E-state index contributed by atoms with van der Waals surface area (Å²) in [5, 5.41) is 10.3. The molecule has 20 heavy (non-hydrogen) atoms. The summed E-state index contributed by atoms with van der Waals surface area (Å²) in [6.07, 6.45) is 1.99. The molecule has 0 amide bonds. The van der Waals surface area contributed by atoms with E-state index in [4.69, 9.17) is 21.1 Å². The van der Waals surface area contributed by atoms with Gasteiger partial charge in [-0.05, 0) is 24.1 Å². The number of likely N-dealkylation sites (tertiary alicyclic amines) is 1. The summed E-state index contributed by atoms with van der Waals surface area (Å²) in [4.78, 5) is 2.25. The Bertz CT molecular complexity index is 494. The summed E-state index contributed by atoms with van der Waals surface area (Å²) in [6, 6.07) is 4.11. The Morgan fingerprint density at radius 2 is 2.35 bits per heavy atom. The van der Waals surface area contributed by atoms with Crippen LogP contribution in [-0.4, -0.2) is 49.0 Å². The second-order valence-corrected chi connectivity index (χ2v) is 5.95. The summed E-state index contributed by atoms with van der Waals surface area (Å²) in [7, 11) is 1.72. The van der Waals surface area contributed by atoms with Crippen LogP contribution in [0.2, 0.25) is 5.02 Å². The zero-order chi connectivity index (χ0) is 14.1. The van der Waals surface area contributed by atoms with Crippen molar-refractivity contribution in [2.24, 2.45) is 0 Å². The zero-order valence-electron chi connectivity index (χ0n) is 11.6. The average Bonchev–Trinajstić information content (AvgIpc) is 3.04. The highest BCUT2D eigenvalue weighted by molar-refractivity contribution is 6.30. The van der Waals surface area contributed by atoms with Crippen molar-refractivity contribution in [2.75, 3.05) is 26.9 Å². The van der Waals surface area contributed by atoms with E-state index in [2.05, 4.69) is 4.90 Å². The first kappa shape index (κ1) is 14.1. The van der Waals surface area contributed by atoms with Crippen LogP contribution in [0.15, 0.2) is 12.1 Å². The molecule has 0 aromatic heterocycles. The standard InChI is InChI=1S/C15H20ClNO3/c1-19-14-6-13(9-18)17(8-14)7-11-5-12(16)4-10-2-3-20-15(10)11/h4-5,13-14,18H,2-3,6-9H2,1H3/t13-,14+/m0/s1. The van der Waals surface area contributed by atoms with Gasteiger partial charge in [0.25, 0.3) is 0 Å². The van der Waals surface area contributed by atoms with Crippen molar-refractivity contribution in [3.8, 4) is 5.75 Å². The van der Waals surface area contributed by atoms with Gasteiger partial charge in [0.2, 0.25) is 0 Å². The third-order valence-electron chi connectivity index (χ3n) is 4.23. The van der Waals surface area contributed by atoms with Gasteiger partial charge in [-0.1, -0.05) is 11.6 Å². The number of hydrogen-bond acceptors (Lipinski definition) is 4. The predicted octanol–water partition coefficient (Wildman–Crippen LogP) is 1.86. The number of ether oxygens (including phenoxy) is 2. The number of aliphatic hydroxyl groups is 1. The monoisotopic (exact) mass is 297 g/mol. The van der Waals surface area contributed by atoms with Crippen LogP contribution in [0.25, 0.3) is 0 Å². The van der Waals surface area contributed by atoms with Gasteiger partial charge >= 0.3 is 0 Å². The molecule has 110 valence electrons. The fourth-order valence-electron chi connectivity index (χ4n) is 3.17. The first-order chi connectivity index (χ1) is 9.71. The minimum Gasteiger partial charge on any atom is -0.493 e. The number of nitrogens with zero attached hydrogens (tertiary/aromatic N) is 1. The van der Waals surface area contributed by atoms with E-state index in [1.54, 1.807) is 7.11 Å². The largest absolute Gasteiger partial charge is 0.493 e. The summed E-state index contributed by atoms with van der Waals surface area (Å²) in [6.45, 7) is 2.47. The van der Waals surface area contributed by atoms with Gasteiger partial charge in [0.15, 0.2) is 0 Å². The molecule has 5 heteroatoms. The highest BCUT2D eigenvalue weighted by atomic mass is 35.5. The molecule has 1 N–H and O–H groups in total. The predicted molar refractivity (Wildman–Crippen MR) is 77.3 cm³/mol. The van der Waals surface area contributed by atoms with Gasteiger partial charge in [-0.2, -0.15) is 0 Å². The minimum absolute atomic E-state index is 0.149. The molecule has 1 aromatic carbocycles. The molecule has 0 bridgehead atoms. The second kappa shape index (κ2) is 5.90. The molecule has 2 heterocycles. The quantitative estimate of drug-likeness (QED) is 0.921. The summed E-state index contributed by atoms with van der Waals surface area (Å²) in [5.74, 6) is 0.979. The smallest absolute Gasteiger partial charge is 0.127 e. The Kier molecular flexibility index (Phi) is 4.17. The Labute approximate surface area is 124 Å². The van der Waals surface area contributed by atoms with Gasteiger partial charge in [0, 0.05) is 43.2 Å². The minimum atomic E-state index is 0.149. The first-order valence-corrected chi connectivity index (χ1v) is 7.41. The van der Waals surface area contributed by atoms with E-state index in [9.17, 15) is 5.11 Å². The normalized spacial score (nSPS) is 25.8. The maximum atomic E-state index is 9.52. The van der Waals surface area contributed by atoms with Crippen molar-refractivity contribution in [3.63, 3.8) is 0 Å². The van der Waals surface area contributed by atoms with Gasteiger partial charge in [-0.15, -0.1) is 0 Å². The number of fused-ring (bicyclic) bond motifs is 1. The van der Waals surface area contributed by atoms with E-state index in [1.807, 2.05) is 12.1 Å². The molecular weight excluding hydrogens is 278 g/mol. The molecule has 2 atom stereocenters. The molecule has 1 fully saturated rings. The molecule has 1 aromatic rings. The Morgan fingerprint density at radius 3 is 3.10 bits per heavy atom. The highest BCUT2D eigenvalue weighted by Crippen LogP contribution is 2.35. The number of halogens is 1. The van der Waals surface area contributed by atoms with Crippen LogP contribution >= 0.6 is 11.6 Å². The first-order valence-electron chi connectivity index (χ1n) is 7.03. The molecule has 0 spiro atoms. The number of methoxy groups -OCH3 is 1. The molecule has 0 radical (unpaired) electrons. The topological polar surface area (TPSA) is 41.9 Å². The van der Waals surface area contributed by atoms with Crippen molar-refractivity contribution >= 4 is 11.6 Å². The zero-order valence-corrected chi connectivity index (χ0v) is 12.4. The maximum Gasteiger partial charge on any atom is 0.127 e. The fourth-order valence-corrected chi connectivity index (χ4v) is 3.44. The number of benzene rings is 1. The van der Waals surface area contributed by atoms with E-state index >= 15 is 0 Å². The average molecular weight is 298 g/mol. The van der Waals surface area contributed by atoms with Gasteiger partial charge in [0.1, 0.15) is 5.75 Å². The van der Waals surface area contributed by atoms with Crippen LogP contribution in [0.3, 0.4) is 0 Å². The van der Waals surface area contributed by atoms with Crippen LogP contribution in [0.5, 0.6) is 5.75 Å². The lowest BCUT2D eigenvalue weighted by atomic mass is 10.1. The second-order valence-electron chi connectivity index (χ2n) is 5.51. The molecule has 0 saturated carbocycles. The Balaban J connectivity index is 1.81. The SMILES string of the molecule is CO[C@@H]1C[C@@H](CO)N(Cc2cc(Cl)cc3c2OCC3)C1. The third-order valence-corrected chi connectivity index (χ3v) is 4.45. The van der Waals surface area contributed by atoms with Crippen molar-refractivity contribution in [1.29, 1.82) is 0 Å². The van der Waals surface area contributed by atoms with E-state index in [0.717, 1.165) is 48.9 Å². The third kappa shape index (κ3) is 2.66. The number of hydrogen-bond donors (Lipinski definition) is 1. The van der Waals surface area contributed by atoms with Gasteiger partial charge in [0.05, 0.1) is 19.3 Å². The van der Waals surface area contributed by atoms with Crippen molar-refractivity contribution < 1.29 is 14.6 Å². The van der Waals surface area contributed by atoms with Crippen LogP contribution in [0, 0.1) is 0 Å². The number of rotatable bonds is 4. The molecule has 4 nitrogen and oxygen atoms in total. The van der Waals surface area contributed by atoms with Crippen LogP contribution in [0.1, 0.15) is 17.5 Å². The van der Waals surface area contributed by atoms with Crippen LogP contribution < -0.4 is 4.74 Å². The lowest BCUT2D eigenvalue weighted by Crippen LogP contribution is -2.32. The lowest BCUT2D eigenvalue weighted by molar-refractivity contribution is 0.107. The van der Waals surface area contributed by atoms with E-state index in [1.165, 1.54) is 5.56 Å². The van der Waals surface area contributed by atoms with Crippen molar-refractivity contribution in [1.82, 2.24) is 4.90 Å². The van der Waals surface area contributed by atoms with Crippen LogP contribution in [-0.2, 0) is 17.7 Å². The molecular formula is C15H20ClNO3. The van der Waals surface area contributed by atoms with E-state index in [0.29, 0.717) is 0 Å². The van der Waals surface area contributed by atoms with Gasteiger partial charge < -0.3 is 14.6 Å². The van der Waals surface area contributed by atoms with E-state index < -0.39 is 0 Å². The molecule has 0 unspecified atom stereocenters. The summed E-state index contributed by atoms with van der Waals surface area (Å²) >= 11 is 6.19.